The molecule has 2 fully saturated rings. The first kappa shape index (κ1) is 15.1. The molecule has 1 atom stereocenters. The van der Waals surface area contributed by atoms with Gasteiger partial charge in [-0.05, 0) is 43.5 Å². The van der Waals surface area contributed by atoms with Crippen LogP contribution in [0.5, 0.6) is 0 Å². The van der Waals surface area contributed by atoms with E-state index in [-0.39, 0.29) is 11.9 Å². The van der Waals surface area contributed by atoms with Gasteiger partial charge in [0.1, 0.15) is 0 Å². The number of carbonyl (C=O) groups is 1. The van der Waals surface area contributed by atoms with Gasteiger partial charge in [-0.1, -0.05) is 19.3 Å². The van der Waals surface area contributed by atoms with Crippen molar-refractivity contribution < 1.29 is 4.79 Å². The smallest absolute Gasteiger partial charge is 0.251 e. The molecule has 0 aromatic heterocycles. The number of benzene rings is 1. The molecule has 1 aliphatic heterocycles. The summed E-state index contributed by atoms with van der Waals surface area (Å²) >= 11 is 0. The summed E-state index contributed by atoms with van der Waals surface area (Å²) in [5.74, 6) is -0.0278. The second-order valence-corrected chi connectivity index (χ2v) is 6.43. The van der Waals surface area contributed by atoms with E-state index in [0.717, 1.165) is 25.6 Å². The van der Waals surface area contributed by atoms with Crippen molar-refractivity contribution in [1.82, 2.24) is 10.2 Å². The fourth-order valence-electron chi connectivity index (χ4n) is 3.65. The molecule has 1 heterocycles. The van der Waals surface area contributed by atoms with Crippen LogP contribution >= 0.6 is 0 Å². The third kappa shape index (κ3) is 3.48. The molecule has 1 saturated heterocycles. The van der Waals surface area contributed by atoms with Gasteiger partial charge in [-0.2, -0.15) is 5.26 Å². The van der Waals surface area contributed by atoms with Crippen molar-refractivity contribution in [3.8, 4) is 6.07 Å². The monoisotopic (exact) mass is 297 g/mol. The number of likely N-dealkylation sites (tertiary alicyclic amines) is 1. The van der Waals surface area contributed by atoms with Crippen LogP contribution < -0.4 is 5.32 Å². The third-order valence-corrected chi connectivity index (χ3v) is 4.92. The summed E-state index contributed by atoms with van der Waals surface area (Å²) in [6, 6.07) is 9.88. The van der Waals surface area contributed by atoms with E-state index >= 15 is 0 Å². The molecule has 116 valence electrons. The van der Waals surface area contributed by atoms with Crippen molar-refractivity contribution >= 4 is 5.91 Å². The minimum atomic E-state index is -0.0278. The lowest BCUT2D eigenvalue weighted by Crippen LogP contribution is -2.40. The topological polar surface area (TPSA) is 56.1 Å². The molecule has 1 amide bonds. The highest BCUT2D eigenvalue weighted by atomic mass is 16.1. The molecule has 1 N–H and O–H groups in total. The average Bonchev–Trinajstić information content (AvgIpc) is 3.04. The molecular weight excluding hydrogens is 274 g/mol. The number of nitrogens with one attached hydrogen (secondary N) is 1. The Morgan fingerprint density at radius 3 is 2.55 bits per heavy atom. The van der Waals surface area contributed by atoms with Gasteiger partial charge < -0.3 is 5.32 Å². The van der Waals surface area contributed by atoms with Gasteiger partial charge in [-0.25, -0.2) is 0 Å². The van der Waals surface area contributed by atoms with Crippen LogP contribution in [0.4, 0.5) is 0 Å². The molecule has 1 aliphatic carbocycles. The molecule has 1 saturated carbocycles. The zero-order valence-electron chi connectivity index (χ0n) is 12.9. The average molecular weight is 297 g/mol. The summed E-state index contributed by atoms with van der Waals surface area (Å²) in [5, 5.41) is 11.9. The van der Waals surface area contributed by atoms with Gasteiger partial charge in [-0.3, -0.25) is 9.69 Å². The molecule has 1 aromatic carbocycles. The van der Waals surface area contributed by atoms with Crippen LogP contribution in [-0.4, -0.2) is 36.0 Å². The molecule has 3 rings (SSSR count). The zero-order valence-corrected chi connectivity index (χ0v) is 12.9. The predicted molar refractivity (Wildman–Crippen MR) is 85.5 cm³/mol. The molecule has 0 radical (unpaired) electrons. The van der Waals surface area contributed by atoms with E-state index in [0.29, 0.717) is 11.1 Å². The van der Waals surface area contributed by atoms with Crippen LogP contribution in [-0.2, 0) is 0 Å². The standard InChI is InChI=1S/C18H23N3O/c19-12-14-6-8-15(9-7-14)18(22)20-16-10-11-21(13-16)17-4-2-1-3-5-17/h6-9,16-17H,1-5,10-11,13H2,(H,20,22). The van der Waals surface area contributed by atoms with Crippen molar-refractivity contribution in [1.29, 1.82) is 5.26 Å². The Balaban J connectivity index is 1.52. The van der Waals surface area contributed by atoms with Crippen LogP contribution in [0, 0.1) is 11.3 Å². The number of rotatable bonds is 3. The Labute approximate surface area is 132 Å². The largest absolute Gasteiger partial charge is 0.348 e. The zero-order chi connectivity index (χ0) is 15.4. The lowest BCUT2D eigenvalue weighted by Gasteiger charge is -2.31. The number of amides is 1. The van der Waals surface area contributed by atoms with E-state index in [9.17, 15) is 4.79 Å². The summed E-state index contributed by atoms with van der Waals surface area (Å²) in [4.78, 5) is 14.8. The molecular formula is C18H23N3O. The molecule has 1 aromatic rings. The summed E-state index contributed by atoms with van der Waals surface area (Å²) in [6.45, 7) is 2.08. The van der Waals surface area contributed by atoms with Crippen molar-refractivity contribution in [2.45, 2.75) is 50.6 Å². The summed E-state index contributed by atoms with van der Waals surface area (Å²) in [7, 11) is 0. The van der Waals surface area contributed by atoms with E-state index in [2.05, 4.69) is 16.3 Å². The van der Waals surface area contributed by atoms with Crippen molar-refractivity contribution in [2.75, 3.05) is 13.1 Å². The summed E-state index contributed by atoms with van der Waals surface area (Å²) in [6.07, 6.45) is 7.75. The van der Waals surface area contributed by atoms with Gasteiger partial charge >= 0.3 is 0 Å². The minimum absolute atomic E-state index is 0.0278. The number of nitriles is 1. The number of hydrogen-bond donors (Lipinski definition) is 1. The van der Waals surface area contributed by atoms with Crippen molar-refractivity contribution in [2.24, 2.45) is 0 Å². The van der Waals surface area contributed by atoms with Gasteiger partial charge in [0.15, 0.2) is 0 Å². The van der Waals surface area contributed by atoms with Gasteiger partial charge in [0.25, 0.3) is 5.91 Å². The molecule has 1 unspecified atom stereocenters. The quantitative estimate of drug-likeness (QED) is 0.933. The summed E-state index contributed by atoms with van der Waals surface area (Å²) in [5.41, 5.74) is 1.22. The van der Waals surface area contributed by atoms with Crippen LogP contribution in [0.3, 0.4) is 0 Å². The predicted octanol–water partition coefficient (Wildman–Crippen LogP) is 2.70. The fraction of sp³-hybridized carbons (Fsp3) is 0.556. The summed E-state index contributed by atoms with van der Waals surface area (Å²) < 4.78 is 0. The van der Waals surface area contributed by atoms with Crippen LogP contribution in [0.2, 0.25) is 0 Å². The Hall–Kier alpha value is -1.86. The van der Waals surface area contributed by atoms with Gasteiger partial charge in [0.2, 0.25) is 0 Å². The maximum absolute atomic E-state index is 12.3. The third-order valence-electron chi connectivity index (χ3n) is 4.92. The fourth-order valence-corrected chi connectivity index (χ4v) is 3.65. The number of hydrogen-bond acceptors (Lipinski definition) is 3. The Bertz CT molecular complexity index is 555. The second kappa shape index (κ2) is 6.93. The van der Waals surface area contributed by atoms with Crippen LogP contribution in [0.1, 0.15) is 54.4 Å². The second-order valence-electron chi connectivity index (χ2n) is 6.43. The molecule has 0 bridgehead atoms. The Morgan fingerprint density at radius 1 is 1.14 bits per heavy atom. The Morgan fingerprint density at radius 2 is 1.86 bits per heavy atom. The van der Waals surface area contributed by atoms with E-state index < -0.39 is 0 Å². The van der Waals surface area contributed by atoms with E-state index in [1.807, 2.05) is 0 Å². The maximum Gasteiger partial charge on any atom is 0.251 e. The molecule has 0 spiro atoms. The highest BCUT2D eigenvalue weighted by Gasteiger charge is 2.29. The first-order valence-electron chi connectivity index (χ1n) is 8.31. The first-order chi connectivity index (χ1) is 10.8. The molecule has 4 nitrogen and oxygen atoms in total. The van der Waals surface area contributed by atoms with Crippen LogP contribution in [0.25, 0.3) is 0 Å². The van der Waals surface area contributed by atoms with Gasteiger partial charge in [0.05, 0.1) is 11.6 Å². The highest BCUT2D eigenvalue weighted by Crippen LogP contribution is 2.25. The minimum Gasteiger partial charge on any atom is -0.348 e. The highest BCUT2D eigenvalue weighted by molar-refractivity contribution is 5.94. The first-order valence-corrected chi connectivity index (χ1v) is 8.31. The SMILES string of the molecule is N#Cc1ccc(C(=O)NC2CCN(C3CCCCC3)C2)cc1. The van der Waals surface area contributed by atoms with Crippen LogP contribution in [0.15, 0.2) is 24.3 Å². The van der Waals surface area contributed by atoms with E-state index in [1.54, 1.807) is 24.3 Å². The van der Waals surface area contributed by atoms with Crippen molar-refractivity contribution in [3.63, 3.8) is 0 Å². The maximum atomic E-state index is 12.3. The van der Waals surface area contributed by atoms with Gasteiger partial charge in [0, 0.05) is 30.7 Å². The molecule has 22 heavy (non-hydrogen) atoms. The lowest BCUT2D eigenvalue weighted by atomic mass is 9.94. The number of carbonyl (C=O) groups excluding carboxylic acids is 1. The normalized spacial score (nSPS) is 23.1. The lowest BCUT2D eigenvalue weighted by molar-refractivity contribution is 0.0934. The van der Waals surface area contributed by atoms with E-state index in [4.69, 9.17) is 5.26 Å². The Kier molecular flexibility index (Phi) is 4.74. The number of nitrogens with zero attached hydrogens (tertiary/aromatic N) is 2. The van der Waals surface area contributed by atoms with Crippen molar-refractivity contribution in [3.05, 3.63) is 35.4 Å². The van der Waals surface area contributed by atoms with E-state index in [1.165, 1.54) is 32.1 Å². The molecule has 4 heteroatoms. The van der Waals surface area contributed by atoms with Gasteiger partial charge in [-0.15, -0.1) is 0 Å². The molecule has 2 aliphatic rings.